The summed E-state index contributed by atoms with van der Waals surface area (Å²) in [6.45, 7) is 25.8. The molecule has 0 saturated heterocycles. The van der Waals surface area contributed by atoms with E-state index in [1.807, 2.05) is 13.8 Å². The molecule has 7 nitrogen and oxygen atoms in total. The molecule has 1 amide bonds. The Morgan fingerprint density at radius 2 is 1.20 bits per heavy atom. The minimum absolute atomic E-state index is 0.488. The first-order valence-corrected chi connectivity index (χ1v) is 22.9. The van der Waals surface area contributed by atoms with E-state index in [-0.39, 0.29) is 0 Å². The van der Waals surface area contributed by atoms with Gasteiger partial charge in [-0.05, 0) is 98.1 Å². The van der Waals surface area contributed by atoms with E-state index in [4.69, 9.17) is 22.1 Å². The summed E-state index contributed by atoms with van der Waals surface area (Å²) in [5.41, 5.74) is 1.02. The van der Waals surface area contributed by atoms with E-state index in [0.717, 1.165) is 24.5 Å². The predicted octanol–water partition coefficient (Wildman–Crippen LogP) is 6.23. The van der Waals surface area contributed by atoms with Crippen LogP contribution in [0.1, 0.15) is 33.6 Å². The first-order valence-electron chi connectivity index (χ1n) is 10.8. The second kappa shape index (κ2) is 12.0. The molecule has 0 fully saturated rings. The van der Waals surface area contributed by atoms with Crippen molar-refractivity contribution in [2.24, 2.45) is 0 Å². The van der Waals surface area contributed by atoms with E-state index in [9.17, 15) is 4.79 Å². The molecule has 178 valence electrons. The zero-order valence-corrected chi connectivity index (χ0v) is 25.3. The Morgan fingerprint density at radius 1 is 0.767 bits per heavy atom. The van der Waals surface area contributed by atoms with Crippen LogP contribution in [0.3, 0.4) is 0 Å². The van der Waals surface area contributed by atoms with Crippen LogP contribution < -0.4 is 5.32 Å². The van der Waals surface area contributed by atoms with Crippen LogP contribution in [-0.4, -0.2) is 46.4 Å². The van der Waals surface area contributed by atoms with Gasteiger partial charge in [-0.25, -0.2) is 9.68 Å². The highest BCUT2D eigenvalue weighted by Gasteiger charge is 2.49. The van der Waals surface area contributed by atoms with Gasteiger partial charge in [-0.3, -0.25) is 4.89 Å². The highest BCUT2D eigenvalue weighted by atomic mass is 28.5. The van der Waals surface area contributed by atoms with Gasteiger partial charge in [0, 0.05) is 12.6 Å². The molecule has 11 heteroatoms. The lowest BCUT2D eigenvalue weighted by atomic mass is 10.1. The maximum Gasteiger partial charge on any atom is 0.469 e. The SMILES string of the molecule is CCNC(=O)OOC(C)=C(C)CCC[Si](O[Si](C)(C)C)(O[Si](C)(C)C)O[Si](C)(C)C. The molecule has 0 radical (unpaired) electrons. The van der Waals surface area contributed by atoms with Gasteiger partial charge < -0.3 is 17.7 Å². The van der Waals surface area contributed by atoms with Gasteiger partial charge in [0.05, 0.1) is 0 Å². The molecule has 0 atom stereocenters. The van der Waals surface area contributed by atoms with E-state index in [0.29, 0.717) is 12.3 Å². The molecule has 0 aromatic rings. The van der Waals surface area contributed by atoms with E-state index in [2.05, 4.69) is 64.2 Å². The standard InChI is InChI=1S/C19H45NO6Si4/c1-13-20-19(21)23-22-18(3)17(2)15-14-16-30(24-27(4,5)6,25-28(7,8)9)26-29(10,11)12/h13-16H2,1-12H3,(H,20,21). The third-order valence-corrected chi connectivity index (χ3v) is 15.6. The average molecular weight is 496 g/mol. The minimum atomic E-state index is -2.82. The highest BCUT2D eigenvalue weighted by molar-refractivity contribution is 6.90. The molecule has 0 aliphatic heterocycles. The quantitative estimate of drug-likeness (QED) is 0.141. The lowest BCUT2D eigenvalue weighted by molar-refractivity contribution is -0.202. The summed E-state index contributed by atoms with van der Waals surface area (Å²) < 4.78 is 20.1. The molecular weight excluding hydrogens is 451 g/mol. The van der Waals surface area contributed by atoms with Gasteiger partial charge in [-0.15, -0.1) is 0 Å². The summed E-state index contributed by atoms with van der Waals surface area (Å²) in [5, 5.41) is 2.53. The van der Waals surface area contributed by atoms with Gasteiger partial charge >= 0.3 is 14.9 Å². The third-order valence-electron chi connectivity index (χ3n) is 3.58. The molecule has 0 saturated carbocycles. The van der Waals surface area contributed by atoms with Crippen LogP contribution in [0.15, 0.2) is 11.3 Å². The molecule has 0 unspecified atom stereocenters. The lowest BCUT2D eigenvalue weighted by Gasteiger charge is -2.43. The molecular formula is C19H45NO6Si4. The zero-order chi connectivity index (χ0) is 23.8. The van der Waals surface area contributed by atoms with Gasteiger partial charge in [0.25, 0.3) is 0 Å². The van der Waals surface area contributed by atoms with Crippen LogP contribution in [0.5, 0.6) is 0 Å². The largest absolute Gasteiger partial charge is 0.469 e. The summed E-state index contributed by atoms with van der Waals surface area (Å²) in [4.78, 5) is 21.3. The van der Waals surface area contributed by atoms with E-state index in [1.54, 1.807) is 6.92 Å². The Kier molecular flexibility index (Phi) is 11.8. The van der Waals surface area contributed by atoms with Crippen molar-refractivity contribution >= 4 is 39.8 Å². The second-order valence-electron chi connectivity index (χ2n) is 10.5. The third kappa shape index (κ3) is 14.5. The van der Waals surface area contributed by atoms with Crippen molar-refractivity contribution < 1.29 is 26.9 Å². The number of amides is 1. The smallest absolute Gasteiger partial charge is 0.417 e. The Balaban J connectivity index is 5.35. The fraction of sp³-hybridized carbons (Fsp3) is 0.842. The van der Waals surface area contributed by atoms with E-state index in [1.165, 1.54) is 0 Å². The van der Waals surface area contributed by atoms with Crippen molar-refractivity contribution in [3.05, 3.63) is 11.3 Å². The normalized spacial score (nSPS) is 14.3. The average Bonchev–Trinajstić information content (AvgIpc) is 2.47. The first-order chi connectivity index (χ1) is 13.4. The van der Waals surface area contributed by atoms with Crippen LogP contribution in [0.2, 0.25) is 65.0 Å². The molecule has 0 bridgehead atoms. The van der Waals surface area contributed by atoms with Crippen LogP contribution in [0.4, 0.5) is 4.79 Å². The molecule has 0 rings (SSSR count). The van der Waals surface area contributed by atoms with Crippen LogP contribution in [0, 0.1) is 0 Å². The maximum atomic E-state index is 11.4. The maximum absolute atomic E-state index is 11.4. The van der Waals surface area contributed by atoms with Crippen molar-refractivity contribution in [3.63, 3.8) is 0 Å². The molecule has 0 aromatic heterocycles. The Labute approximate surface area is 188 Å². The summed E-state index contributed by atoms with van der Waals surface area (Å²) in [6, 6.07) is 0.771. The fourth-order valence-electron chi connectivity index (χ4n) is 2.71. The van der Waals surface area contributed by atoms with Crippen molar-refractivity contribution in [3.8, 4) is 0 Å². The number of carbonyl (C=O) groups excluding carboxylic acids is 1. The van der Waals surface area contributed by atoms with Crippen molar-refractivity contribution in [2.45, 2.75) is 98.6 Å². The molecule has 1 N–H and O–H groups in total. The summed E-state index contributed by atoms with van der Waals surface area (Å²) >= 11 is 0. The number of allylic oxidation sites excluding steroid dienone is 2. The first kappa shape index (κ1) is 29.6. The number of rotatable bonds is 13. The number of hydrogen-bond acceptors (Lipinski definition) is 6. The monoisotopic (exact) mass is 495 g/mol. The topological polar surface area (TPSA) is 75.3 Å². The van der Waals surface area contributed by atoms with Crippen LogP contribution in [0.25, 0.3) is 0 Å². The molecule has 0 spiro atoms. The molecule has 0 aromatic carbocycles. The summed E-state index contributed by atoms with van der Waals surface area (Å²) in [7, 11) is -8.43. The van der Waals surface area contributed by atoms with Gasteiger partial charge in [-0.1, -0.05) is 0 Å². The fourth-order valence-corrected chi connectivity index (χ4v) is 17.4. The van der Waals surface area contributed by atoms with Crippen LogP contribution in [-0.2, 0) is 22.1 Å². The predicted molar refractivity (Wildman–Crippen MR) is 133 cm³/mol. The van der Waals surface area contributed by atoms with Gasteiger partial charge in [0.2, 0.25) is 0 Å². The number of carbonyl (C=O) groups is 1. The van der Waals surface area contributed by atoms with Gasteiger partial charge in [0.1, 0.15) is 0 Å². The van der Waals surface area contributed by atoms with Crippen molar-refractivity contribution in [1.82, 2.24) is 5.32 Å². The molecule has 0 aliphatic carbocycles. The lowest BCUT2D eigenvalue weighted by Crippen LogP contribution is -2.60. The zero-order valence-electron chi connectivity index (χ0n) is 21.3. The van der Waals surface area contributed by atoms with Crippen molar-refractivity contribution in [2.75, 3.05) is 6.54 Å². The van der Waals surface area contributed by atoms with Crippen LogP contribution >= 0.6 is 0 Å². The summed E-state index contributed by atoms with van der Waals surface area (Å²) in [5.74, 6) is 0.594. The number of hydrogen-bond donors (Lipinski definition) is 1. The van der Waals surface area contributed by atoms with Gasteiger partial charge in [-0.2, -0.15) is 0 Å². The molecule has 30 heavy (non-hydrogen) atoms. The van der Waals surface area contributed by atoms with Crippen molar-refractivity contribution in [1.29, 1.82) is 0 Å². The molecule has 0 heterocycles. The second-order valence-corrected chi connectivity index (χ2v) is 27.5. The Morgan fingerprint density at radius 3 is 1.57 bits per heavy atom. The van der Waals surface area contributed by atoms with E-state index >= 15 is 0 Å². The van der Waals surface area contributed by atoms with Gasteiger partial charge in [0.15, 0.2) is 30.7 Å². The Bertz CT molecular complexity index is 538. The highest BCUT2D eigenvalue weighted by Crippen LogP contribution is 2.31. The Hall–Kier alpha value is -0.442. The summed E-state index contributed by atoms with van der Waals surface area (Å²) in [6.07, 6.45) is 1.06. The number of nitrogens with one attached hydrogen (secondary N) is 1. The molecule has 0 aliphatic rings. The van der Waals surface area contributed by atoms with E-state index < -0.39 is 39.8 Å². The minimum Gasteiger partial charge on any atom is -0.417 e.